The summed E-state index contributed by atoms with van der Waals surface area (Å²) < 4.78 is 0. The van der Waals surface area contributed by atoms with Crippen LogP contribution in [0.25, 0.3) is 32.9 Å². The first kappa shape index (κ1) is 13.9. The van der Waals surface area contributed by atoms with E-state index in [1.54, 1.807) is 0 Å². The molecule has 1 aromatic heterocycles. The van der Waals surface area contributed by atoms with Crippen LogP contribution in [0.3, 0.4) is 0 Å². The monoisotopic (exact) mass is 309 g/mol. The Hall–Kier alpha value is -2.48. The van der Waals surface area contributed by atoms with Crippen molar-refractivity contribution in [3.8, 4) is 11.1 Å². The summed E-state index contributed by atoms with van der Waals surface area (Å²) in [4.78, 5) is 3.59. The average molecular weight is 309 g/mol. The maximum absolute atomic E-state index is 3.59. The molecule has 0 atom stereocenters. The third-order valence-electron chi connectivity index (χ3n) is 5.77. The molecule has 0 unspecified atom stereocenters. The highest BCUT2D eigenvalue weighted by molar-refractivity contribution is 6.52. The number of aromatic nitrogens is 1. The zero-order valence-corrected chi connectivity index (χ0v) is 14.4. The fourth-order valence-corrected chi connectivity index (χ4v) is 4.35. The van der Waals surface area contributed by atoms with E-state index in [1.807, 2.05) is 0 Å². The van der Waals surface area contributed by atoms with Gasteiger partial charge in [-0.2, -0.15) is 0 Å². The van der Waals surface area contributed by atoms with Crippen molar-refractivity contribution in [2.75, 3.05) is 0 Å². The molecule has 0 spiro atoms. The molecule has 1 nitrogen and oxygen atoms in total. The fraction of sp³-hybridized carbons (Fsp3) is 0.182. The second kappa shape index (κ2) is 4.54. The molecule has 0 bridgehead atoms. The maximum Gasteiger partial charge on any atom is 0.154 e. The Bertz CT molecular complexity index is 1120. The van der Waals surface area contributed by atoms with E-state index < -0.39 is 0 Å². The molecule has 1 heterocycles. The van der Waals surface area contributed by atoms with Gasteiger partial charge in [0.1, 0.15) is 0 Å². The highest BCUT2D eigenvalue weighted by Crippen LogP contribution is 2.49. The molecular formula is C22H20BN. The van der Waals surface area contributed by atoms with Gasteiger partial charge in [-0.1, -0.05) is 62.5 Å². The first-order chi connectivity index (χ1) is 11.6. The number of nitrogens with one attached hydrogen (secondary N) is 1. The molecule has 1 aliphatic carbocycles. The number of rotatable bonds is 1. The second-order valence-electron chi connectivity index (χ2n) is 7.47. The van der Waals surface area contributed by atoms with Crippen molar-refractivity contribution in [2.45, 2.75) is 26.1 Å². The van der Waals surface area contributed by atoms with Crippen LogP contribution in [0.2, 0.25) is 6.82 Å². The van der Waals surface area contributed by atoms with Crippen LogP contribution in [-0.4, -0.2) is 12.3 Å². The first-order valence-corrected chi connectivity index (χ1v) is 8.78. The minimum absolute atomic E-state index is 0.0579. The molecule has 116 valence electrons. The Kier molecular flexibility index (Phi) is 2.63. The predicted octanol–water partition coefficient (Wildman–Crippen LogP) is 4.74. The molecular weight excluding hydrogens is 289 g/mol. The van der Waals surface area contributed by atoms with Gasteiger partial charge < -0.3 is 4.98 Å². The fourth-order valence-electron chi connectivity index (χ4n) is 4.35. The van der Waals surface area contributed by atoms with Gasteiger partial charge in [0.2, 0.25) is 0 Å². The van der Waals surface area contributed by atoms with Crippen LogP contribution in [0.1, 0.15) is 25.0 Å². The van der Waals surface area contributed by atoms with Crippen molar-refractivity contribution < 1.29 is 0 Å². The van der Waals surface area contributed by atoms with Crippen molar-refractivity contribution in [3.05, 3.63) is 65.7 Å². The van der Waals surface area contributed by atoms with E-state index in [9.17, 15) is 0 Å². The van der Waals surface area contributed by atoms with E-state index in [4.69, 9.17) is 0 Å². The van der Waals surface area contributed by atoms with E-state index in [1.165, 1.54) is 49.5 Å². The number of para-hydroxylation sites is 1. The molecule has 0 saturated carbocycles. The van der Waals surface area contributed by atoms with Gasteiger partial charge in [0, 0.05) is 27.2 Å². The van der Waals surface area contributed by atoms with Gasteiger partial charge in [0.05, 0.1) is 0 Å². The maximum atomic E-state index is 3.59. The summed E-state index contributed by atoms with van der Waals surface area (Å²) in [6.07, 6.45) is 0. The van der Waals surface area contributed by atoms with E-state index in [-0.39, 0.29) is 5.41 Å². The molecule has 1 aliphatic rings. The SMILES string of the molecule is CBc1ccc2c(c1)C(C)(C)c1cc3c(cc1-2)[nH]c1ccccc13. The number of fused-ring (bicyclic) bond motifs is 6. The number of hydrogen-bond donors (Lipinski definition) is 1. The molecule has 24 heavy (non-hydrogen) atoms. The minimum Gasteiger partial charge on any atom is -0.354 e. The van der Waals surface area contributed by atoms with Gasteiger partial charge in [-0.3, -0.25) is 0 Å². The lowest BCUT2D eigenvalue weighted by Crippen LogP contribution is -2.19. The highest BCUT2D eigenvalue weighted by Gasteiger charge is 2.36. The lowest BCUT2D eigenvalue weighted by atomic mass is 9.71. The Labute approximate surface area is 143 Å². The molecule has 3 aromatic carbocycles. The summed E-state index contributed by atoms with van der Waals surface area (Å²) in [7, 11) is 1.09. The normalized spacial score (nSPS) is 14.8. The molecule has 4 aromatic rings. The standard InChI is InChI=1S/C22H20BN/c1-22(2)18-10-13(23-3)8-9-14(18)16-12-21-17(11-19(16)22)15-6-4-5-7-20(15)24-21/h4-12,23-24H,1-3H3. The summed E-state index contributed by atoms with van der Waals surface area (Å²) >= 11 is 0. The molecule has 0 fully saturated rings. The van der Waals surface area contributed by atoms with Crippen molar-refractivity contribution in [3.63, 3.8) is 0 Å². The summed E-state index contributed by atoms with van der Waals surface area (Å²) in [6, 6.07) is 20.3. The molecule has 5 rings (SSSR count). The average Bonchev–Trinajstić information content (AvgIpc) is 3.06. The number of aromatic amines is 1. The summed E-state index contributed by atoms with van der Waals surface area (Å²) in [5.41, 5.74) is 9.63. The first-order valence-electron chi connectivity index (χ1n) is 8.78. The van der Waals surface area contributed by atoms with Crippen molar-refractivity contribution in [1.29, 1.82) is 0 Å². The number of H-pyrrole nitrogens is 1. The summed E-state index contributed by atoms with van der Waals surface area (Å²) in [5.74, 6) is 0. The third kappa shape index (κ3) is 1.66. The van der Waals surface area contributed by atoms with E-state index in [2.05, 4.69) is 80.3 Å². The van der Waals surface area contributed by atoms with Gasteiger partial charge in [-0.05, 0) is 40.5 Å². The van der Waals surface area contributed by atoms with Crippen LogP contribution >= 0.6 is 0 Å². The van der Waals surface area contributed by atoms with Crippen LogP contribution in [0, 0.1) is 0 Å². The smallest absolute Gasteiger partial charge is 0.154 e. The van der Waals surface area contributed by atoms with E-state index in [0.717, 1.165) is 7.28 Å². The zero-order valence-electron chi connectivity index (χ0n) is 14.4. The van der Waals surface area contributed by atoms with Gasteiger partial charge >= 0.3 is 0 Å². The number of benzene rings is 3. The van der Waals surface area contributed by atoms with Crippen molar-refractivity contribution in [1.82, 2.24) is 4.98 Å². The number of hydrogen-bond acceptors (Lipinski definition) is 0. The van der Waals surface area contributed by atoms with Crippen molar-refractivity contribution >= 4 is 34.5 Å². The quantitative estimate of drug-likeness (QED) is 0.489. The highest BCUT2D eigenvalue weighted by atomic mass is 14.7. The Morgan fingerprint density at radius 2 is 1.58 bits per heavy atom. The Balaban J connectivity index is 1.87. The van der Waals surface area contributed by atoms with Crippen LogP contribution in [0.15, 0.2) is 54.6 Å². The van der Waals surface area contributed by atoms with E-state index in [0.29, 0.717) is 0 Å². The molecule has 0 aliphatic heterocycles. The third-order valence-corrected chi connectivity index (χ3v) is 5.77. The van der Waals surface area contributed by atoms with Crippen LogP contribution in [-0.2, 0) is 5.41 Å². The van der Waals surface area contributed by atoms with Crippen LogP contribution in [0.4, 0.5) is 0 Å². The zero-order chi connectivity index (χ0) is 16.5. The lowest BCUT2D eigenvalue weighted by Gasteiger charge is -2.22. The largest absolute Gasteiger partial charge is 0.354 e. The topological polar surface area (TPSA) is 15.8 Å². The van der Waals surface area contributed by atoms with Gasteiger partial charge in [0.15, 0.2) is 7.28 Å². The van der Waals surface area contributed by atoms with Crippen LogP contribution in [0.5, 0.6) is 0 Å². The van der Waals surface area contributed by atoms with Crippen molar-refractivity contribution in [2.24, 2.45) is 0 Å². The molecule has 0 saturated heterocycles. The minimum atomic E-state index is 0.0579. The van der Waals surface area contributed by atoms with Gasteiger partial charge in [-0.25, -0.2) is 0 Å². The van der Waals surface area contributed by atoms with Gasteiger partial charge in [0.25, 0.3) is 0 Å². The van der Waals surface area contributed by atoms with Crippen LogP contribution < -0.4 is 5.46 Å². The Morgan fingerprint density at radius 1 is 0.792 bits per heavy atom. The summed E-state index contributed by atoms with van der Waals surface area (Å²) in [6.45, 7) is 6.95. The van der Waals surface area contributed by atoms with Gasteiger partial charge in [-0.15, -0.1) is 0 Å². The second-order valence-corrected chi connectivity index (χ2v) is 7.47. The van der Waals surface area contributed by atoms with E-state index >= 15 is 0 Å². The molecule has 1 N–H and O–H groups in total. The Morgan fingerprint density at radius 3 is 2.42 bits per heavy atom. The molecule has 0 amide bonds. The summed E-state index contributed by atoms with van der Waals surface area (Å²) in [5, 5.41) is 2.65. The lowest BCUT2D eigenvalue weighted by molar-refractivity contribution is 0.662. The molecule has 0 radical (unpaired) electrons. The molecule has 2 heteroatoms. The predicted molar refractivity (Wildman–Crippen MR) is 106 cm³/mol.